The Labute approximate surface area is 242 Å². The van der Waals surface area contributed by atoms with E-state index in [1.807, 2.05) is 0 Å². The zero-order valence-electron chi connectivity index (χ0n) is 22.2. The molecule has 1 fully saturated rings. The maximum atomic E-state index is 12.5. The van der Waals surface area contributed by atoms with Crippen LogP contribution in [0.3, 0.4) is 0 Å². The topological polar surface area (TPSA) is 114 Å². The molecule has 0 unspecified atom stereocenters. The molecule has 1 aromatic heterocycles. The number of amides is 3. The van der Waals surface area contributed by atoms with Gasteiger partial charge in [0.15, 0.2) is 5.82 Å². The van der Waals surface area contributed by atoms with Crippen molar-refractivity contribution in [3.63, 3.8) is 0 Å². The van der Waals surface area contributed by atoms with Gasteiger partial charge in [-0.05, 0) is 67.8 Å². The molecule has 3 amide bonds. The van der Waals surface area contributed by atoms with Crippen molar-refractivity contribution in [2.24, 2.45) is 0 Å². The fourth-order valence-electron chi connectivity index (χ4n) is 3.98. The van der Waals surface area contributed by atoms with E-state index in [2.05, 4.69) is 20.9 Å². The number of anilines is 1. The monoisotopic (exact) mass is 615 g/mol. The van der Waals surface area contributed by atoms with E-state index in [-0.39, 0.29) is 48.2 Å². The normalized spacial score (nSPS) is 14.7. The maximum absolute atomic E-state index is 12.5. The van der Waals surface area contributed by atoms with Crippen LogP contribution in [0.4, 0.5) is 27.8 Å². The summed E-state index contributed by atoms with van der Waals surface area (Å²) < 4.78 is 67.2. The summed E-state index contributed by atoms with van der Waals surface area (Å²) in [5.74, 6) is -1.21. The Hall–Kier alpha value is -4.04. The average molecular weight is 616 g/mol. The van der Waals surface area contributed by atoms with Gasteiger partial charge >= 0.3 is 6.18 Å². The van der Waals surface area contributed by atoms with E-state index in [1.54, 1.807) is 4.57 Å². The Morgan fingerprint density at radius 3 is 2.36 bits per heavy atom. The first kappa shape index (κ1) is 32.5. The molecule has 42 heavy (non-hydrogen) atoms. The van der Waals surface area contributed by atoms with Crippen molar-refractivity contribution in [2.75, 3.05) is 18.5 Å². The van der Waals surface area contributed by atoms with E-state index in [1.165, 1.54) is 31.2 Å². The minimum atomic E-state index is -4.47. The van der Waals surface area contributed by atoms with Crippen molar-refractivity contribution >= 4 is 35.6 Å². The number of halogens is 6. The molecule has 0 aliphatic carbocycles. The van der Waals surface area contributed by atoms with E-state index in [4.69, 9.17) is 16.3 Å². The van der Waals surface area contributed by atoms with Gasteiger partial charge in [0.2, 0.25) is 18.1 Å². The van der Waals surface area contributed by atoms with Crippen LogP contribution in [0.5, 0.6) is 0 Å². The lowest BCUT2D eigenvalue weighted by molar-refractivity contribution is -0.137. The van der Waals surface area contributed by atoms with E-state index in [0.717, 1.165) is 25.0 Å². The maximum Gasteiger partial charge on any atom is 0.416 e. The van der Waals surface area contributed by atoms with Crippen LogP contribution in [0.2, 0.25) is 5.02 Å². The van der Waals surface area contributed by atoms with Gasteiger partial charge in [-0.1, -0.05) is 11.6 Å². The molecule has 0 saturated carbocycles. The molecular weight excluding hydrogens is 589 g/mol. The van der Waals surface area contributed by atoms with Gasteiger partial charge in [-0.3, -0.25) is 14.4 Å². The number of imidazole rings is 1. The lowest BCUT2D eigenvalue weighted by atomic mass is 10.1. The number of carbonyl (C=O) groups is 3. The number of aromatic nitrogens is 2. The molecule has 2 aromatic carbocycles. The first-order chi connectivity index (χ1) is 19.9. The number of nitrogens with zero attached hydrogens (tertiary/aromatic N) is 2. The minimum absolute atomic E-state index is 0.0133. The third-order valence-electron chi connectivity index (χ3n) is 5.96. The van der Waals surface area contributed by atoms with Crippen molar-refractivity contribution < 1.29 is 41.1 Å². The second-order valence-corrected chi connectivity index (χ2v) is 9.60. The van der Waals surface area contributed by atoms with Crippen molar-refractivity contribution in [3.8, 4) is 0 Å². The highest BCUT2D eigenvalue weighted by atomic mass is 35.5. The Balaban J connectivity index is 0.000000202. The summed E-state index contributed by atoms with van der Waals surface area (Å²) in [7, 11) is 0. The number of nitrogens with one attached hydrogen (secondary N) is 3. The second kappa shape index (κ2) is 14.7. The number of fused-ring (bicyclic) bond motifs is 1. The van der Waals surface area contributed by atoms with Crippen LogP contribution in [0.25, 0.3) is 0 Å². The van der Waals surface area contributed by atoms with Gasteiger partial charge in [0.1, 0.15) is 18.2 Å². The summed E-state index contributed by atoms with van der Waals surface area (Å²) in [5, 5.41) is 8.60. The molecular formula is C27H27ClF5N5O4. The number of rotatable bonds is 4. The smallest absolute Gasteiger partial charge is 0.381 e. The van der Waals surface area contributed by atoms with Gasteiger partial charge in [0, 0.05) is 24.3 Å². The summed E-state index contributed by atoms with van der Waals surface area (Å²) in [6.07, 6.45) is -2.47. The van der Waals surface area contributed by atoms with E-state index in [9.17, 15) is 36.3 Å². The Morgan fingerprint density at radius 2 is 1.79 bits per heavy atom. The molecule has 3 aromatic rings. The average Bonchev–Trinajstić information content (AvgIpc) is 3.28. The summed E-state index contributed by atoms with van der Waals surface area (Å²) in [4.78, 5) is 38.8. The zero-order chi connectivity index (χ0) is 30.9. The molecule has 226 valence electrons. The first-order valence-electron chi connectivity index (χ1n) is 12.6. The Bertz CT molecular complexity index is 1350. The largest absolute Gasteiger partial charge is 0.416 e. The summed E-state index contributed by atoms with van der Waals surface area (Å²) >= 11 is 5.44. The molecule has 5 rings (SSSR count). The lowest BCUT2D eigenvalue weighted by Crippen LogP contribution is -2.41. The van der Waals surface area contributed by atoms with Crippen LogP contribution in [0.1, 0.15) is 40.3 Å². The van der Waals surface area contributed by atoms with Crippen molar-refractivity contribution in [3.05, 3.63) is 81.8 Å². The van der Waals surface area contributed by atoms with Gasteiger partial charge < -0.3 is 25.3 Å². The quantitative estimate of drug-likeness (QED) is 0.293. The molecule has 1 saturated heterocycles. The lowest BCUT2D eigenvalue weighted by Gasteiger charge is -2.23. The highest BCUT2D eigenvalue weighted by Crippen LogP contribution is 2.30. The molecule has 2 aliphatic heterocycles. The van der Waals surface area contributed by atoms with E-state index in [0.29, 0.717) is 42.2 Å². The molecule has 0 atom stereocenters. The highest BCUT2D eigenvalue weighted by Gasteiger charge is 2.31. The number of aryl methyl sites for hydroxylation is 1. The summed E-state index contributed by atoms with van der Waals surface area (Å²) in [6, 6.07) is 8.14. The second-order valence-electron chi connectivity index (χ2n) is 9.17. The number of carbonyl (C=O) groups excluding carboxylic acids is 3. The molecule has 2 aliphatic rings. The van der Waals surface area contributed by atoms with Crippen LogP contribution < -0.4 is 16.0 Å². The SMILES string of the molecule is Cc1cc(F)cc(C(F)(F)F)c1.Fc1ccc(Cl)cc1.O=CNc1nc(C(=O)NC2CCOCC2)n2c1CNC(=O)C2. The summed E-state index contributed by atoms with van der Waals surface area (Å²) in [5.41, 5.74) is -0.0637. The predicted octanol–water partition coefficient (Wildman–Crippen LogP) is 4.62. The zero-order valence-corrected chi connectivity index (χ0v) is 23.0. The first-order valence-corrected chi connectivity index (χ1v) is 13.0. The van der Waals surface area contributed by atoms with E-state index < -0.39 is 17.6 Å². The Morgan fingerprint density at radius 1 is 1.12 bits per heavy atom. The van der Waals surface area contributed by atoms with Crippen LogP contribution in [-0.2, 0) is 33.6 Å². The minimum Gasteiger partial charge on any atom is -0.381 e. The Kier molecular flexibility index (Phi) is 11.4. The van der Waals surface area contributed by atoms with Crippen LogP contribution in [0.15, 0.2) is 42.5 Å². The molecule has 0 bridgehead atoms. The third kappa shape index (κ3) is 9.52. The van der Waals surface area contributed by atoms with Crippen molar-refractivity contribution in [1.29, 1.82) is 0 Å². The molecule has 3 N–H and O–H groups in total. The number of ether oxygens (including phenoxy) is 1. The fourth-order valence-corrected chi connectivity index (χ4v) is 4.11. The molecule has 0 radical (unpaired) electrons. The summed E-state index contributed by atoms with van der Waals surface area (Å²) in [6.45, 7) is 2.89. The number of hydrogen-bond acceptors (Lipinski definition) is 5. The van der Waals surface area contributed by atoms with Crippen molar-refractivity contribution in [2.45, 2.75) is 45.1 Å². The molecule has 3 heterocycles. The van der Waals surface area contributed by atoms with Gasteiger partial charge in [0.25, 0.3) is 5.91 Å². The number of alkyl halides is 3. The van der Waals surface area contributed by atoms with Gasteiger partial charge in [-0.25, -0.2) is 13.8 Å². The fraction of sp³-hybridized carbons (Fsp3) is 0.333. The van der Waals surface area contributed by atoms with Crippen LogP contribution in [-0.4, -0.2) is 47.0 Å². The van der Waals surface area contributed by atoms with Crippen LogP contribution in [0, 0.1) is 18.6 Å². The van der Waals surface area contributed by atoms with Gasteiger partial charge in [-0.2, -0.15) is 13.2 Å². The molecule has 15 heteroatoms. The van der Waals surface area contributed by atoms with Gasteiger partial charge in [-0.15, -0.1) is 0 Å². The van der Waals surface area contributed by atoms with Gasteiger partial charge in [0.05, 0.1) is 17.8 Å². The third-order valence-corrected chi connectivity index (χ3v) is 6.21. The standard InChI is InChI=1S/C13H17N5O4.C8H6F4.C6H4ClF/c19-7-15-11-9-5-14-10(20)6-18(9)12(17-11)13(21)16-8-1-3-22-4-2-8;1-5-2-6(8(10,11)12)4-7(9)3-5;7-5-1-3-6(8)4-2-5/h7-8H,1-6H2,(H,14,20)(H,15,19)(H,16,21);2-4H,1H3;1-4H. The van der Waals surface area contributed by atoms with E-state index >= 15 is 0 Å². The molecule has 9 nitrogen and oxygen atoms in total. The predicted molar refractivity (Wildman–Crippen MR) is 143 cm³/mol. The van der Waals surface area contributed by atoms with Crippen molar-refractivity contribution in [1.82, 2.24) is 20.2 Å². The van der Waals surface area contributed by atoms with Crippen LogP contribution >= 0.6 is 11.6 Å². The number of benzene rings is 2. The number of hydrogen-bond donors (Lipinski definition) is 3. The highest BCUT2D eigenvalue weighted by molar-refractivity contribution is 6.30. The molecule has 0 spiro atoms.